The van der Waals surface area contributed by atoms with Crippen molar-refractivity contribution in [2.24, 2.45) is 0 Å². The predicted molar refractivity (Wildman–Crippen MR) is 73.1 cm³/mol. The summed E-state index contributed by atoms with van der Waals surface area (Å²) in [6.07, 6.45) is 0. The van der Waals surface area contributed by atoms with Gasteiger partial charge in [0.1, 0.15) is 6.07 Å². The molecule has 0 saturated heterocycles. The first-order valence-corrected chi connectivity index (χ1v) is 6.03. The minimum atomic E-state index is 0.627. The van der Waals surface area contributed by atoms with Gasteiger partial charge in [-0.05, 0) is 32.0 Å². The molecule has 0 saturated carbocycles. The second kappa shape index (κ2) is 4.21. The molecule has 3 rings (SSSR count). The number of hydrogen-bond acceptors (Lipinski definition) is 3. The topological polar surface area (TPSA) is 54.5 Å². The molecule has 0 radical (unpaired) electrons. The van der Waals surface area contributed by atoms with Crippen molar-refractivity contribution in [1.82, 2.24) is 14.8 Å². The Labute approximate surface area is 110 Å². The lowest BCUT2D eigenvalue weighted by atomic mass is 10.1. The molecule has 0 aliphatic rings. The fourth-order valence-electron chi connectivity index (χ4n) is 2.25. The molecule has 0 bridgehead atoms. The second-order valence-corrected chi connectivity index (χ2v) is 4.45. The highest BCUT2D eigenvalue weighted by atomic mass is 15.3. The molecule has 1 aromatic carbocycles. The van der Waals surface area contributed by atoms with Gasteiger partial charge in [-0.25, -0.2) is 9.67 Å². The minimum absolute atomic E-state index is 0.627. The fourth-order valence-corrected chi connectivity index (χ4v) is 2.25. The number of aromatic nitrogens is 3. The Bertz CT molecular complexity index is 794. The Morgan fingerprint density at radius 3 is 2.58 bits per heavy atom. The summed E-state index contributed by atoms with van der Waals surface area (Å²) in [5, 5.41) is 14.6. The second-order valence-electron chi connectivity index (χ2n) is 4.45. The molecule has 0 unspecified atom stereocenters. The molecular formula is C15H12N4. The number of hydrogen-bond donors (Lipinski definition) is 0. The summed E-state index contributed by atoms with van der Waals surface area (Å²) in [4.78, 5) is 4.53. The van der Waals surface area contributed by atoms with Gasteiger partial charge in [0, 0.05) is 5.69 Å². The Balaban J connectivity index is 2.41. The molecule has 0 amide bonds. The lowest BCUT2D eigenvalue weighted by molar-refractivity contribution is 0.875. The van der Waals surface area contributed by atoms with E-state index in [4.69, 9.17) is 0 Å². The van der Waals surface area contributed by atoms with Gasteiger partial charge in [0.15, 0.2) is 5.65 Å². The molecule has 0 fully saturated rings. The molecule has 0 aliphatic heterocycles. The molecule has 19 heavy (non-hydrogen) atoms. The van der Waals surface area contributed by atoms with Crippen LogP contribution in [0.2, 0.25) is 0 Å². The highest BCUT2D eigenvalue weighted by Crippen LogP contribution is 2.23. The Morgan fingerprint density at radius 1 is 1.16 bits per heavy atom. The van der Waals surface area contributed by atoms with Gasteiger partial charge >= 0.3 is 0 Å². The summed E-state index contributed by atoms with van der Waals surface area (Å²) in [6, 6.07) is 13.8. The Hall–Kier alpha value is -2.67. The van der Waals surface area contributed by atoms with Crippen LogP contribution in [0, 0.1) is 25.2 Å². The van der Waals surface area contributed by atoms with Crippen LogP contribution in [0.25, 0.3) is 16.7 Å². The summed E-state index contributed by atoms with van der Waals surface area (Å²) in [7, 11) is 0. The number of benzene rings is 1. The Kier molecular flexibility index (Phi) is 2.53. The molecule has 2 aromatic heterocycles. The maximum absolute atomic E-state index is 9.25. The van der Waals surface area contributed by atoms with Crippen molar-refractivity contribution in [2.75, 3.05) is 0 Å². The first-order chi connectivity index (χ1) is 9.20. The number of para-hydroxylation sites is 1. The van der Waals surface area contributed by atoms with Crippen LogP contribution in [0.1, 0.15) is 17.0 Å². The lowest BCUT2D eigenvalue weighted by Crippen LogP contribution is -1.98. The smallest absolute Gasteiger partial charge is 0.164 e. The highest BCUT2D eigenvalue weighted by molar-refractivity contribution is 5.86. The standard InChI is InChI=1S/C15H12N4/c1-10-8-12(9-16)14-11(2)18-19(15(14)17-10)13-6-4-3-5-7-13/h3-8H,1-2H3. The van der Waals surface area contributed by atoms with Crippen LogP contribution in [-0.4, -0.2) is 14.8 Å². The van der Waals surface area contributed by atoms with Crippen molar-refractivity contribution in [2.45, 2.75) is 13.8 Å². The average Bonchev–Trinajstić information content (AvgIpc) is 2.76. The predicted octanol–water partition coefficient (Wildman–Crippen LogP) is 2.91. The largest absolute Gasteiger partial charge is 0.233 e. The van der Waals surface area contributed by atoms with E-state index in [0.29, 0.717) is 5.56 Å². The maximum Gasteiger partial charge on any atom is 0.164 e. The first kappa shape index (κ1) is 11.4. The van der Waals surface area contributed by atoms with Crippen LogP contribution >= 0.6 is 0 Å². The van der Waals surface area contributed by atoms with Gasteiger partial charge in [0.25, 0.3) is 0 Å². The number of aryl methyl sites for hydroxylation is 2. The van der Waals surface area contributed by atoms with E-state index in [1.54, 1.807) is 10.7 Å². The maximum atomic E-state index is 9.25. The van der Waals surface area contributed by atoms with E-state index in [1.165, 1.54) is 0 Å². The van der Waals surface area contributed by atoms with Crippen LogP contribution in [0.5, 0.6) is 0 Å². The quantitative estimate of drug-likeness (QED) is 0.665. The molecule has 0 N–H and O–H groups in total. The van der Waals surface area contributed by atoms with E-state index in [2.05, 4.69) is 16.2 Å². The zero-order chi connectivity index (χ0) is 13.4. The fraction of sp³-hybridized carbons (Fsp3) is 0.133. The number of pyridine rings is 1. The van der Waals surface area contributed by atoms with Gasteiger partial charge in [0.2, 0.25) is 0 Å². The van der Waals surface area contributed by atoms with E-state index >= 15 is 0 Å². The van der Waals surface area contributed by atoms with Crippen molar-refractivity contribution >= 4 is 11.0 Å². The molecule has 4 nitrogen and oxygen atoms in total. The van der Waals surface area contributed by atoms with Gasteiger partial charge in [-0.3, -0.25) is 0 Å². The number of nitrogens with zero attached hydrogens (tertiary/aromatic N) is 4. The molecule has 0 spiro atoms. The van der Waals surface area contributed by atoms with E-state index in [0.717, 1.165) is 28.1 Å². The van der Waals surface area contributed by atoms with E-state index in [1.807, 2.05) is 44.2 Å². The first-order valence-electron chi connectivity index (χ1n) is 6.03. The monoisotopic (exact) mass is 248 g/mol. The zero-order valence-electron chi connectivity index (χ0n) is 10.8. The van der Waals surface area contributed by atoms with Crippen molar-refractivity contribution in [1.29, 1.82) is 5.26 Å². The van der Waals surface area contributed by atoms with Crippen molar-refractivity contribution < 1.29 is 0 Å². The van der Waals surface area contributed by atoms with Crippen molar-refractivity contribution in [3.05, 3.63) is 53.3 Å². The van der Waals surface area contributed by atoms with E-state index in [9.17, 15) is 5.26 Å². The van der Waals surface area contributed by atoms with Gasteiger partial charge in [-0.2, -0.15) is 10.4 Å². The van der Waals surface area contributed by atoms with Crippen LogP contribution < -0.4 is 0 Å². The van der Waals surface area contributed by atoms with Gasteiger partial charge in [-0.15, -0.1) is 0 Å². The highest BCUT2D eigenvalue weighted by Gasteiger charge is 2.14. The number of nitriles is 1. The molecule has 3 aromatic rings. The summed E-state index contributed by atoms with van der Waals surface area (Å²) in [5.74, 6) is 0. The van der Waals surface area contributed by atoms with Gasteiger partial charge in [0.05, 0.1) is 22.3 Å². The summed E-state index contributed by atoms with van der Waals surface area (Å²) in [6.45, 7) is 3.79. The van der Waals surface area contributed by atoms with Crippen molar-refractivity contribution in [3.8, 4) is 11.8 Å². The SMILES string of the molecule is Cc1cc(C#N)c2c(C)nn(-c3ccccc3)c2n1. The third kappa shape index (κ3) is 1.76. The molecule has 2 heterocycles. The molecule has 0 atom stereocenters. The molecule has 0 aliphatic carbocycles. The molecular weight excluding hydrogens is 236 g/mol. The lowest BCUT2D eigenvalue weighted by Gasteiger charge is -2.03. The minimum Gasteiger partial charge on any atom is -0.233 e. The normalized spacial score (nSPS) is 10.6. The number of rotatable bonds is 1. The zero-order valence-corrected chi connectivity index (χ0v) is 10.8. The van der Waals surface area contributed by atoms with Crippen LogP contribution in [0.4, 0.5) is 0 Å². The van der Waals surface area contributed by atoms with E-state index in [-0.39, 0.29) is 0 Å². The summed E-state index contributed by atoms with van der Waals surface area (Å²) < 4.78 is 1.79. The van der Waals surface area contributed by atoms with Crippen LogP contribution in [0.3, 0.4) is 0 Å². The van der Waals surface area contributed by atoms with Crippen LogP contribution in [0.15, 0.2) is 36.4 Å². The Morgan fingerprint density at radius 2 is 1.89 bits per heavy atom. The average molecular weight is 248 g/mol. The van der Waals surface area contributed by atoms with Crippen molar-refractivity contribution in [3.63, 3.8) is 0 Å². The molecule has 92 valence electrons. The van der Waals surface area contributed by atoms with E-state index < -0.39 is 0 Å². The number of fused-ring (bicyclic) bond motifs is 1. The van der Waals surface area contributed by atoms with Crippen LogP contribution in [-0.2, 0) is 0 Å². The third-order valence-electron chi connectivity index (χ3n) is 3.06. The summed E-state index contributed by atoms with van der Waals surface area (Å²) in [5.41, 5.74) is 3.95. The van der Waals surface area contributed by atoms with Gasteiger partial charge < -0.3 is 0 Å². The van der Waals surface area contributed by atoms with Gasteiger partial charge in [-0.1, -0.05) is 18.2 Å². The molecule has 4 heteroatoms. The summed E-state index contributed by atoms with van der Waals surface area (Å²) >= 11 is 0. The third-order valence-corrected chi connectivity index (χ3v) is 3.06.